The molecule has 0 saturated heterocycles. The smallest absolute Gasteiger partial charge is 0.255 e. The number of hydrogen-bond donors (Lipinski definition) is 1. The summed E-state index contributed by atoms with van der Waals surface area (Å²) >= 11 is 1.67. The fourth-order valence-electron chi connectivity index (χ4n) is 2.16. The Labute approximate surface area is 124 Å². The minimum atomic E-state index is 0.130. The summed E-state index contributed by atoms with van der Waals surface area (Å²) in [5, 5.41) is 5.36. The molecule has 0 bridgehead atoms. The van der Waals surface area contributed by atoms with Gasteiger partial charge in [-0.2, -0.15) is 0 Å². The zero-order valence-electron chi connectivity index (χ0n) is 12.3. The molecule has 0 aliphatic rings. The zero-order chi connectivity index (χ0) is 14.5. The fourth-order valence-corrected chi connectivity index (χ4v) is 2.92. The summed E-state index contributed by atoms with van der Waals surface area (Å²) in [5.41, 5.74) is 2.00. The molecule has 0 spiro atoms. The van der Waals surface area contributed by atoms with Crippen LogP contribution in [-0.2, 0) is 13.1 Å². The van der Waals surface area contributed by atoms with Crippen LogP contribution in [-0.4, -0.2) is 10.6 Å². The first-order chi connectivity index (χ1) is 9.63. The SMILES string of the molecule is CCCn1c(-c2cccs2)ccc(CNC(C)C)c1=O. The van der Waals surface area contributed by atoms with Crippen molar-refractivity contribution in [1.29, 1.82) is 0 Å². The summed E-state index contributed by atoms with van der Waals surface area (Å²) in [4.78, 5) is 13.8. The summed E-state index contributed by atoms with van der Waals surface area (Å²) in [6, 6.07) is 8.50. The van der Waals surface area contributed by atoms with Gasteiger partial charge in [0.25, 0.3) is 5.56 Å². The van der Waals surface area contributed by atoms with E-state index in [0.29, 0.717) is 12.6 Å². The first-order valence-corrected chi connectivity index (χ1v) is 8.01. The summed E-state index contributed by atoms with van der Waals surface area (Å²) in [5.74, 6) is 0. The minimum absolute atomic E-state index is 0.130. The van der Waals surface area contributed by atoms with Gasteiger partial charge in [-0.3, -0.25) is 4.79 Å². The molecule has 0 amide bonds. The van der Waals surface area contributed by atoms with Crippen LogP contribution in [0.1, 0.15) is 32.8 Å². The van der Waals surface area contributed by atoms with Gasteiger partial charge in [-0.05, 0) is 23.9 Å². The average molecular weight is 290 g/mol. The minimum Gasteiger partial charge on any atom is -0.310 e. The van der Waals surface area contributed by atoms with Crippen LogP contribution in [0.3, 0.4) is 0 Å². The molecular weight excluding hydrogens is 268 g/mol. The van der Waals surface area contributed by atoms with Crippen molar-refractivity contribution in [2.24, 2.45) is 0 Å². The van der Waals surface area contributed by atoms with E-state index in [9.17, 15) is 4.79 Å². The lowest BCUT2D eigenvalue weighted by Crippen LogP contribution is -2.30. The molecule has 4 heteroatoms. The second-order valence-electron chi connectivity index (χ2n) is 5.21. The molecule has 20 heavy (non-hydrogen) atoms. The van der Waals surface area contributed by atoms with Crippen LogP contribution in [0.25, 0.3) is 10.6 Å². The van der Waals surface area contributed by atoms with E-state index in [1.807, 2.05) is 22.1 Å². The summed E-state index contributed by atoms with van der Waals surface area (Å²) in [6.07, 6.45) is 0.958. The van der Waals surface area contributed by atoms with Crippen molar-refractivity contribution in [2.45, 2.75) is 46.3 Å². The van der Waals surface area contributed by atoms with Crippen LogP contribution in [0.2, 0.25) is 0 Å². The average Bonchev–Trinajstić information content (AvgIpc) is 2.93. The van der Waals surface area contributed by atoms with E-state index in [0.717, 1.165) is 29.1 Å². The third kappa shape index (κ3) is 3.38. The molecule has 0 fully saturated rings. The molecule has 0 aliphatic carbocycles. The van der Waals surface area contributed by atoms with Gasteiger partial charge in [-0.1, -0.05) is 32.9 Å². The normalized spacial score (nSPS) is 11.2. The first-order valence-electron chi connectivity index (χ1n) is 7.13. The molecule has 2 heterocycles. The van der Waals surface area contributed by atoms with Gasteiger partial charge in [0.2, 0.25) is 0 Å². The van der Waals surface area contributed by atoms with Gasteiger partial charge < -0.3 is 9.88 Å². The predicted octanol–water partition coefficient (Wildman–Crippen LogP) is 3.48. The number of nitrogens with zero attached hydrogens (tertiary/aromatic N) is 1. The number of pyridine rings is 1. The Morgan fingerprint density at radius 1 is 1.30 bits per heavy atom. The second-order valence-corrected chi connectivity index (χ2v) is 6.16. The Balaban J connectivity index is 2.40. The first kappa shape index (κ1) is 15.0. The molecule has 0 unspecified atom stereocenters. The highest BCUT2D eigenvalue weighted by Gasteiger charge is 2.10. The molecule has 0 saturated carbocycles. The van der Waals surface area contributed by atoms with E-state index < -0.39 is 0 Å². The molecular formula is C16H22N2OS. The lowest BCUT2D eigenvalue weighted by atomic mass is 10.2. The molecule has 0 radical (unpaired) electrons. The van der Waals surface area contributed by atoms with Crippen LogP contribution in [0.15, 0.2) is 34.4 Å². The van der Waals surface area contributed by atoms with Gasteiger partial charge >= 0.3 is 0 Å². The van der Waals surface area contributed by atoms with Gasteiger partial charge in [-0.25, -0.2) is 0 Å². The maximum Gasteiger partial charge on any atom is 0.255 e. The summed E-state index contributed by atoms with van der Waals surface area (Å²) in [6.45, 7) is 7.67. The monoisotopic (exact) mass is 290 g/mol. The Morgan fingerprint density at radius 3 is 2.70 bits per heavy atom. The van der Waals surface area contributed by atoms with Gasteiger partial charge in [0, 0.05) is 24.7 Å². The Kier molecular flexibility index (Phi) is 5.15. The van der Waals surface area contributed by atoms with Gasteiger partial charge in [0.05, 0.1) is 10.6 Å². The van der Waals surface area contributed by atoms with Crippen molar-refractivity contribution in [3.8, 4) is 10.6 Å². The van der Waals surface area contributed by atoms with Crippen molar-refractivity contribution < 1.29 is 0 Å². The van der Waals surface area contributed by atoms with E-state index >= 15 is 0 Å². The van der Waals surface area contributed by atoms with Crippen molar-refractivity contribution in [1.82, 2.24) is 9.88 Å². The van der Waals surface area contributed by atoms with Crippen molar-refractivity contribution in [2.75, 3.05) is 0 Å². The van der Waals surface area contributed by atoms with E-state index in [2.05, 4.69) is 38.2 Å². The molecule has 2 rings (SSSR count). The molecule has 108 valence electrons. The maximum absolute atomic E-state index is 12.6. The third-order valence-corrected chi connectivity index (χ3v) is 4.07. The summed E-state index contributed by atoms with van der Waals surface area (Å²) in [7, 11) is 0. The van der Waals surface area contributed by atoms with E-state index in [1.54, 1.807) is 11.3 Å². The Morgan fingerprint density at radius 2 is 2.10 bits per heavy atom. The zero-order valence-corrected chi connectivity index (χ0v) is 13.2. The number of aromatic nitrogens is 1. The predicted molar refractivity (Wildman–Crippen MR) is 86.3 cm³/mol. The third-order valence-electron chi connectivity index (χ3n) is 3.17. The van der Waals surface area contributed by atoms with E-state index in [1.165, 1.54) is 0 Å². The Bertz CT molecular complexity index is 599. The largest absolute Gasteiger partial charge is 0.310 e. The quantitative estimate of drug-likeness (QED) is 0.883. The molecule has 3 nitrogen and oxygen atoms in total. The van der Waals surface area contributed by atoms with Crippen LogP contribution < -0.4 is 10.9 Å². The van der Waals surface area contributed by atoms with Crippen molar-refractivity contribution >= 4 is 11.3 Å². The second kappa shape index (κ2) is 6.86. The number of nitrogens with one attached hydrogen (secondary N) is 1. The lowest BCUT2D eigenvalue weighted by molar-refractivity contribution is 0.576. The standard InChI is InChI=1S/C16H22N2OS/c1-4-9-18-14(15-6-5-10-20-15)8-7-13(16(18)19)11-17-12(2)3/h5-8,10,12,17H,4,9,11H2,1-3H3. The highest BCUT2D eigenvalue weighted by molar-refractivity contribution is 7.13. The molecule has 1 N–H and O–H groups in total. The lowest BCUT2D eigenvalue weighted by Gasteiger charge is -2.14. The van der Waals surface area contributed by atoms with Gasteiger partial charge in [0.1, 0.15) is 0 Å². The number of hydrogen-bond acceptors (Lipinski definition) is 3. The van der Waals surface area contributed by atoms with Crippen LogP contribution in [0.4, 0.5) is 0 Å². The van der Waals surface area contributed by atoms with Gasteiger partial charge in [0.15, 0.2) is 0 Å². The molecule has 2 aromatic heterocycles. The maximum atomic E-state index is 12.6. The number of rotatable bonds is 6. The summed E-state index contributed by atoms with van der Waals surface area (Å²) < 4.78 is 1.91. The van der Waals surface area contributed by atoms with E-state index in [-0.39, 0.29) is 5.56 Å². The topological polar surface area (TPSA) is 34.0 Å². The van der Waals surface area contributed by atoms with Crippen LogP contribution >= 0.6 is 11.3 Å². The van der Waals surface area contributed by atoms with E-state index in [4.69, 9.17) is 0 Å². The van der Waals surface area contributed by atoms with Gasteiger partial charge in [-0.15, -0.1) is 11.3 Å². The molecule has 0 atom stereocenters. The highest BCUT2D eigenvalue weighted by atomic mass is 32.1. The number of thiophene rings is 1. The molecule has 0 aliphatic heterocycles. The van der Waals surface area contributed by atoms with Crippen LogP contribution in [0, 0.1) is 0 Å². The highest BCUT2D eigenvalue weighted by Crippen LogP contribution is 2.24. The van der Waals surface area contributed by atoms with Crippen LogP contribution in [0.5, 0.6) is 0 Å². The molecule has 0 aromatic carbocycles. The fraction of sp³-hybridized carbons (Fsp3) is 0.438. The Hall–Kier alpha value is -1.39. The van der Waals surface area contributed by atoms with Crippen molar-refractivity contribution in [3.63, 3.8) is 0 Å². The van der Waals surface area contributed by atoms with Crippen molar-refractivity contribution in [3.05, 3.63) is 45.6 Å². The molecule has 2 aromatic rings.